The van der Waals surface area contributed by atoms with Crippen LogP contribution in [0, 0.1) is 0 Å². The van der Waals surface area contributed by atoms with Gasteiger partial charge in [-0.25, -0.2) is 0 Å². The van der Waals surface area contributed by atoms with E-state index in [4.69, 9.17) is 5.73 Å². The number of aromatic nitrogens is 1. The monoisotopic (exact) mass is 327 g/mol. The summed E-state index contributed by atoms with van der Waals surface area (Å²) in [5.41, 5.74) is 2.03. The Morgan fingerprint density at radius 2 is 1.91 bits per heavy atom. The molecule has 1 heterocycles. The lowest BCUT2D eigenvalue weighted by atomic mass is 10.2. The second-order valence-electron chi connectivity index (χ2n) is 4.31. The van der Waals surface area contributed by atoms with Crippen molar-refractivity contribution in [3.05, 3.63) is 64.1 Å². The van der Waals surface area contributed by atoms with Crippen LogP contribution in [0.25, 0.3) is 0 Å². The van der Waals surface area contributed by atoms with E-state index in [1.165, 1.54) is 18.3 Å². The molecule has 0 unspecified atom stereocenters. The molecule has 0 bridgehead atoms. The van der Waals surface area contributed by atoms with Crippen LogP contribution in [0.15, 0.2) is 57.3 Å². The van der Waals surface area contributed by atoms with Crippen molar-refractivity contribution in [1.29, 1.82) is 0 Å². The minimum Gasteiger partial charge on any atom is -0.383 e. The Hall–Kier alpha value is -2.22. The second kappa shape index (κ2) is 6.69. The summed E-state index contributed by atoms with van der Waals surface area (Å²) in [5, 5.41) is 0. The molecule has 2 rings (SSSR count). The van der Waals surface area contributed by atoms with Gasteiger partial charge in [-0.15, -0.1) is 0 Å². The highest BCUT2D eigenvalue weighted by Gasteiger charge is 2.28. The molecule has 0 aliphatic heterocycles. The van der Waals surface area contributed by atoms with Gasteiger partial charge in [-0.1, -0.05) is 12.1 Å². The van der Waals surface area contributed by atoms with Crippen LogP contribution in [0.3, 0.4) is 0 Å². The minimum atomic E-state index is -4.31. The Morgan fingerprint density at radius 3 is 2.50 bits per heavy atom. The second-order valence-corrected chi connectivity index (χ2v) is 5.44. The lowest BCUT2D eigenvalue weighted by Gasteiger charge is -2.06. The van der Waals surface area contributed by atoms with Crippen LogP contribution in [0.2, 0.25) is 0 Å². The highest BCUT2D eigenvalue weighted by Crippen LogP contribution is 2.36. The molecule has 4 nitrogen and oxygen atoms in total. The molecule has 0 radical (unpaired) electrons. The fraction of sp³-hybridized carbons (Fsp3) is 0.143. The highest BCUT2D eigenvalue weighted by molar-refractivity contribution is 8.00. The first-order valence-electron chi connectivity index (χ1n) is 6.18. The van der Waals surface area contributed by atoms with E-state index in [1.54, 1.807) is 24.3 Å². The molecule has 0 fully saturated rings. The van der Waals surface area contributed by atoms with Gasteiger partial charge in [-0.3, -0.25) is 9.79 Å². The van der Waals surface area contributed by atoms with E-state index >= 15 is 0 Å². The number of hydrogen-bond donors (Lipinski definition) is 2. The first-order valence-corrected chi connectivity index (χ1v) is 6.99. The smallest absolute Gasteiger partial charge is 0.383 e. The molecule has 8 heteroatoms. The van der Waals surface area contributed by atoms with Crippen LogP contribution in [0.5, 0.6) is 0 Å². The van der Waals surface area contributed by atoms with E-state index in [0.717, 1.165) is 0 Å². The van der Waals surface area contributed by atoms with Crippen molar-refractivity contribution >= 4 is 17.6 Å². The zero-order valence-corrected chi connectivity index (χ0v) is 12.0. The van der Waals surface area contributed by atoms with Gasteiger partial charge in [-0.2, -0.15) is 13.2 Å². The van der Waals surface area contributed by atoms with E-state index in [1.807, 2.05) is 0 Å². The number of rotatable bonds is 4. The third kappa shape index (κ3) is 4.66. The highest BCUT2D eigenvalue weighted by atomic mass is 32.2. The summed E-state index contributed by atoms with van der Waals surface area (Å²) in [6.45, 7) is 0.178. The van der Waals surface area contributed by atoms with Crippen LogP contribution in [0.1, 0.15) is 11.1 Å². The summed E-state index contributed by atoms with van der Waals surface area (Å²) in [5.74, 6) is 0.0793. The average Bonchev–Trinajstić information content (AvgIpc) is 2.45. The van der Waals surface area contributed by atoms with Crippen LogP contribution in [-0.4, -0.2) is 16.3 Å². The first-order chi connectivity index (χ1) is 10.3. The maximum Gasteiger partial charge on any atom is 0.446 e. The molecule has 0 aliphatic rings. The third-order valence-corrected chi connectivity index (χ3v) is 3.42. The number of pyridine rings is 1. The molecule has 0 aliphatic carbocycles. The normalized spacial score (nSPS) is 12.4. The topological polar surface area (TPSA) is 71.2 Å². The molecule has 3 N–H and O–H groups in total. The standard InChI is InChI=1S/C14H12F3N3OS/c15-14(16,17)22-10-5-3-9(4-6-10)8-20-12(18)11-2-1-7-19-13(11)21/h1-7H,8H2,(H2,18,20)(H,19,21). The van der Waals surface area contributed by atoms with Crippen molar-refractivity contribution in [2.75, 3.05) is 0 Å². The number of aliphatic imine (C=N–C) groups is 1. The molecule has 1 aromatic heterocycles. The molecule has 1 aromatic carbocycles. The van der Waals surface area contributed by atoms with Gasteiger partial charge in [-0.05, 0) is 41.6 Å². The number of halogens is 3. The number of nitrogens with two attached hydrogens (primary N) is 1. The van der Waals surface area contributed by atoms with Gasteiger partial charge < -0.3 is 10.7 Å². The molecular weight excluding hydrogens is 315 g/mol. The van der Waals surface area contributed by atoms with E-state index in [0.29, 0.717) is 5.56 Å². The molecule has 2 aromatic rings. The predicted molar refractivity (Wildman–Crippen MR) is 79.8 cm³/mol. The fourth-order valence-corrected chi connectivity index (χ4v) is 2.22. The Bertz CT molecular complexity index is 723. The van der Waals surface area contributed by atoms with Crippen molar-refractivity contribution in [1.82, 2.24) is 4.98 Å². The number of thioether (sulfide) groups is 1. The van der Waals surface area contributed by atoms with E-state index in [9.17, 15) is 18.0 Å². The van der Waals surface area contributed by atoms with Gasteiger partial charge in [0.1, 0.15) is 5.84 Å². The molecule has 0 atom stereocenters. The maximum absolute atomic E-state index is 12.2. The Kier molecular flexibility index (Phi) is 4.92. The minimum absolute atomic E-state index is 0.0793. The summed E-state index contributed by atoms with van der Waals surface area (Å²) < 4.78 is 36.6. The number of nitrogens with zero attached hydrogens (tertiary/aromatic N) is 1. The number of hydrogen-bond acceptors (Lipinski definition) is 3. The Morgan fingerprint density at radius 1 is 1.23 bits per heavy atom. The third-order valence-electron chi connectivity index (χ3n) is 2.68. The van der Waals surface area contributed by atoms with Crippen molar-refractivity contribution in [2.45, 2.75) is 16.9 Å². The van der Waals surface area contributed by atoms with E-state index in [2.05, 4.69) is 9.98 Å². The molecule has 0 amide bonds. The lowest BCUT2D eigenvalue weighted by Crippen LogP contribution is -2.24. The zero-order valence-electron chi connectivity index (χ0n) is 11.2. The lowest BCUT2D eigenvalue weighted by molar-refractivity contribution is -0.0328. The summed E-state index contributed by atoms with van der Waals surface area (Å²) in [6.07, 6.45) is 1.48. The molecular formula is C14H12F3N3OS. The largest absolute Gasteiger partial charge is 0.446 e. The van der Waals surface area contributed by atoms with Crippen LogP contribution in [0.4, 0.5) is 13.2 Å². The Labute approximate surface area is 128 Å². The maximum atomic E-state index is 12.2. The van der Waals surface area contributed by atoms with Gasteiger partial charge in [0.05, 0.1) is 12.1 Å². The summed E-state index contributed by atoms with van der Waals surface area (Å²) in [4.78, 5) is 18.2. The molecule has 116 valence electrons. The number of benzene rings is 1. The van der Waals surface area contributed by atoms with Crippen molar-refractivity contribution < 1.29 is 13.2 Å². The number of H-pyrrole nitrogens is 1. The van der Waals surface area contributed by atoms with E-state index in [-0.39, 0.29) is 40.2 Å². The first kappa shape index (κ1) is 16.2. The van der Waals surface area contributed by atoms with Crippen molar-refractivity contribution in [3.8, 4) is 0 Å². The fourth-order valence-electron chi connectivity index (χ4n) is 1.68. The number of alkyl halides is 3. The number of aromatic amines is 1. The van der Waals surface area contributed by atoms with Gasteiger partial charge in [0, 0.05) is 11.1 Å². The van der Waals surface area contributed by atoms with Gasteiger partial charge in [0.15, 0.2) is 0 Å². The van der Waals surface area contributed by atoms with Gasteiger partial charge in [0.25, 0.3) is 5.56 Å². The van der Waals surface area contributed by atoms with Crippen LogP contribution >= 0.6 is 11.8 Å². The molecule has 22 heavy (non-hydrogen) atoms. The summed E-state index contributed by atoms with van der Waals surface area (Å²) in [6, 6.07) is 8.99. The molecule has 0 saturated heterocycles. The Balaban J connectivity index is 2.07. The SMILES string of the molecule is NC(=NCc1ccc(SC(F)(F)F)cc1)c1ccc[nH]c1=O. The van der Waals surface area contributed by atoms with Crippen molar-refractivity contribution in [2.24, 2.45) is 10.7 Å². The summed E-state index contributed by atoms with van der Waals surface area (Å²) >= 11 is -0.173. The number of nitrogens with one attached hydrogen (secondary N) is 1. The van der Waals surface area contributed by atoms with Crippen LogP contribution in [-0.2, 0) is 6.54 Å². The predicted octanol–water partition coefficient (Wildman–Crippen LogP) is 2.89. The van der Waals surface area contributed by atoms with E-state index < -0.39 is 5.51 Å². The van der Waals surface area contributed by atoms with Crippen LogP contribution < -0.4 is 11.3 Å². The molecule has 0 spiro atoms. The average molecular weight is 327 g/mol. The quantitative estimate of drug-likeness (QED) is 0.515. The zero-order chi connectivity index (χ0) is 16.2. The van der Waals surface area contributed by atoms with Gasteiger partial charge >= 0.3 is 5.51 Å². The van der Waals surface area contributed by atoms with Crippen molar-refractivity contribution in [3.63, 3.8) is 0 Å². The van der Waals surface area contributed by atoms with Gasteiger partial charge in [0.2, 0.25) is 0 Å². The number of amidine groups is 1. The molecule has 0 saturated carbocycles. The summed E-state index contributed by atoms with van der Waals surface area (Å²) in [7, 11) is 0.